The first-order valence-electron chi connectivity index (χ1n) is 4.59. The Balaban J connectivity index is 1.96. The Morgan fingerprint density at radius 3 is 2.27 bits per heavy atom. The highest BCUT2D eigenvalue weighted by atomic mass is 16.1. The highest BCUT2D eigenvalue weighted by Crippen LogP contribution is 2.40. The fourth-order valence-corrected chi connectivity index (χ4v) is 3.16. The third kappa shape index (κ3) is 0.734. The molecular formula is C9H13NO. The minimum Gasteiger partial charge on any atom is -0.302 e. The molecular weight excluding hydrogens is 138 g/mol. The van der Waals surface area contributed by atoms with Crippen LogP contribution in [0.5, 0.6) is 0 Å². The highest BCUT2D eigenvalue weighted by Gasteiger charge is 2.46. The van der Waals surface area contributed by atoms with Crippen molar-refractivity contribution in [3.8, 4) is 0 Å². The lowest BCUT2D eigenvalue weighted by Gasteiger charge is -2.50. The van der Waals surface area contributed by atoms with E-state index < -0.39 is 0 Å². The van der Waals surface area contributed by atoms with Crippen LogP contribution in [-0.4, -0.2) is 30.3 Å². The molecule has 0 aromatic rings. The summed E-state index contributed by atoms with van der Waals surface area (Å²) in [6.45, 7) is 3.43. The molecule has 3 aliphatic heterocycles. The Morgan fingerprint density at radius 1 is 1.09 bits per heavy atom. The van der Waals surface area contributed by atoms with E-state index in [1.54, 1.807) is 0 Å². The predicted molar refractivity (Wildman–Crippen MR) is 41.2 cm³/mol. The van der Waals surface area contributed by atoms with Crippen molar-refractivity contribution in [2.45, 2.75) is 12.8 Å². The standard InChI is InChI=1S/C9H13NO/c11-9-7-1-6-2-8(9)5-10(3-6)4-7/h6-8H,1-5H2/t6?,7-,8?/m0/s1. The van der Waals surface area contributed by atoms with E-state index in [2.05, 4.69) is 4.90 Å². The van der Waals surface area contributed by atoms with Crippen molar-refractivity contribution in [3.05, 3.63) is 0 Å². The van der Waals surface area contributed by atoms with E-state index in [1.807, 2.05) is 0 Å². The molecule has 4 fully saturated rings. The van der Waals surface area contributed by atoms with Crippen molar-refractivity contribution in [2.24, 2.45) is 17.8 Å². The molecule has 2 nitrogen and oxygen atoms in total. The Bertz CT molecular complexity index is 182. The lowest BCUT2D eigenvalue weighted by Crippen LogP contribution is -2.58. The maximum atomic E-state index is 11.5. The summed E-state index contributed by atoms with van der Waals surface area (Å²) in [5, 5.41) is 0. The SMILES string of the molecule is O=C1C2CC3C[C@H]1CN(C3)C2. The first kappa shape index (κ1) is 6.18. The van der Waals surface area contributed by atoms with E-state index >= 15 is 0 Å². The van der Waals surface area contributed by atoms with Crippen LogP contribution in [0.1, 0.15) is 12.8 Å². The molecule has 4 aliphatic rings. The fraction of sp³-hybridized carbons (Fsp3) is 0.889. The molecule has 4 bridgehead atoms. The van der Waals surface area contributed by atoms with Gasteiger partial charge in [0.1, 0.15) is 5.78 Å². The number of ketones is 1. The molecule has 0 aromatic carbocycles. The molecule has 1 saturated carbocycles. The number of carbonyl (C=O) groups is 1. The van der Waals surface area contributed by atoms with Gasteiger partial charge in [-0.3, -0.25) is 4.79 Å². The summed E-state index contributed by atoms with van der Waals surface area (Å²) in [6, 6.07) is 0. The van der Waals surface area contributed by atoms with E-state index in [1.165, 1.54) is 19.4 Å². The van der Waals surface area contributed by atoms with E-state index in [0.29, 0.717) is 17.6 Å². The van der Waals surface area contributed by atoms with Gasteiger partial charge in [0.05, 0.1) is 0 Å². The molecule has 0 aromatic heterocycles. The number of hydrogen-bond donors (Lipinski definition) is 0. The first-order valence-corrected chi connectivity index (χ1v) is 4.59. The molecule has 60 valence electrons. The van der Waals surface area contributed by atoms with Crippen LogP contribution in [0, 0.1) is 17.8 Å². The number of piperidine rings is 3. The van der Waals surface area contributed by atoms with Gasteiger partial charge in [0.2, 0.25) is 0 Å². The van der Waals surface area contributed by atoms with E-state index in [9.17, 15) is 4.79 Å². The second-order valence-corrected chi connectivity index (χ2v) is 4.35. The predicted octanol–water partition coefficient (Wildman–Crippen LogP) is 0.527. The number of rotatable bonds is 0. The smallest absolute Gasteiger partial charge is 0.141 e. The zero-order valence-electron chi connectivity index (χ0n) is 6.62. The summed E-state index contributed by atoms with van der Waals surface area (Å²) in [5.74, 6) is 2.31. The largest absolute Gasteiger partial charge is 0.302 e. The van der Waals surface area contributed by atoms with Gasteiger partial charge in [-0.15, -0.1) is 0 Å². The van der Waals surface area contributed by atoms with Crippen molar-refractivity contribution in [2.75, 3.05) is 19.6 Å². The summed E-state index contributed by atoms with van der Waals surface area (Å²) < 4.78 is 0. The van der Waals surface area contributed by atoms with Crippen molar-refractivity contribution < 1.29 is 4.79 Å². The van der Waals surface area contributed by atoms with Gasteiger partial charge in [0, 0.05) is 31.5 Å². The van der Waals surface area contributed by atoms with Gasteiger partial charge < -0.3 is 4.90 Å². The van der Waals surface area contributed by atoms with E-state index in [4.69, 9.17) is 0 Å². The maximum absolute atomic E-state index is 11.5. The molecule has 0 N–H and O–H groups in total. The van der Waals surface area contributed by atoms with Crippen LogP contribution in [0.2, 0.25) is 0 Å². The molecule has 3 unspecified atom stereocenters. The van der Waals surface area contributed by atoms with Crippen molar-refractivity contribution >= 4 is 5.78 Å². The van der Waals surface area contributed by atoms with Gasteiger partial charge in [0.25, 0.3) is 0 Å². The maximum Gasteiger partial charge on any atom is 0.141 e. The second-order valence-electron chi connectivity index (χ2n) is 4.35. The van der Waals surface area contributed by atoms with Gasteiger partial charge in [-0.25, -0.2) is 0 Å². The molecule has 11 heavy (non-hydrogen) atoms. The Kier molecular flexibility index (Phi) is 1.05. The monoisotopic (exact) mass is 151 g/mol. The number of carbonyl (C=O) groups excluding carboxylic acids is 1. The van der Waals surface area contributed by atoms with Gasteiger partial charge in [0.15, 0.2) is 0 Å². The summed E-state index contributed by atoms with van der Waals surface area (Å²) in [4.78, 5) is 14.0. The van der Waals surface area contributed by atoms with Crippen LogP contribution >= 0.6 is 0 Å². The lowest BCUT2D eigenvalue weighted by molar-refractivity contribution is -0.142. The quantitative estimate of drug-likeness (QED) is 0.503. The highest BCUT2D eigenvalue weighted by molar-refractivity contribution is 5.85. The van der Waals surface area contributed by atoms with Crippen molar-refractivity contribution in [1.29, 1.82) is 0 Å². The van der Waals surface area contributed by atoms with Crippen molar-refractivity contribution in [1.82, 2.24) is 4.90 Å². The van der Waals surface area contributed by atoms with Crippen LogP contribution in [0.15, 0.2) is 0 Å². The Morgan fingerprint density at radius 2 is 1.73 bits per heavy atom. The molecule has 4 rings (SSSR count). The Hall–Kier alpha value is -0.370. The van der Waals surface area contributed by atoms with Crippen LogP contribution < -0.4 is 0 Å². The van der Waals surface area contributed by atoms with Gasteiger partial charge in [-0.2, -0.15) is 0 Å². The topological polar surface area (TPSA) is 20.3 Å². The third-order valence-corrected chi connectivity index (χ3v) is 3.51. The Labute approximate surface area is 66.6 Å². The molecule has 3 heterocycles. The van der Waals surface area contributed by atoms with Crippen LogP contribution in [-0.2, 0) is 4.79 Å². The minimum atomic E-state index is 0.432. The minimum absolute atomic E-state index is 0.432. The number of hydrogen-bond acceptors (Lipinski definition) is 2. The summed E-state index contributed by atoms with van der Waals surface area (Å²) in [6.07, 6.45) is 2.40. The van der Waals surface area contributed by atoms with Gasteiger partial charge in [-0.1, -0.05) is 0 Å². The third-order valence-electron chi connectivity index (χ3n) is 3.51. The van der Waals surface area contributed by atoms with Crippen LogP contribution in [0.25, 0.3) is 0 Å². The van der Waals surface area contributed by atoms with Crippen molar-refractivity contribution in [3.63, 3.8) is 0 Å². The van der Waals surface area contributed by atoms with E-state index in [-0.39, 0.29) is 0 Å². The fourth-order valence-electron chi connectivity index (χ4n) is 3.16. The van der Waals surface area contributed by atoms with Crippen LogP contribution in [0.4, 0.5) is 0 Å². The van der Waals surface area contributed by atoms with Gasteiger partial charge >= 0.3 is 0 Å². The molecule has 4 atom stereocenters. The average Bonchev–Trinajstić information content (AvgIpc) is 1.98. The average molecular weight is 151 g/mol. The molecule has 1 aliphatic carbocycles. The zero-order chi connectivity index (χ0) is 7.42. The van der Waals surface area contributed by atoms with E-state index in [0.717, 1.165) is 19.0 Å². The summed E-state index contributed by atoms with van der Waals surface area (Å²) in [7, 11) is 0. The normalized spacial score (nSPS) is 53.6. The molecule has 0 amide bonds. The second kappa shape index (κ2) is 1.86. The summed E-state index contributed by atoms with van der Waals surface area (Å²) >= 11 is 0. The molecule has 2 heteroatoms. The molecule has 0 spiro atoms. The first-order chi connectivity index (χ1) is 5.33. The molecule has 3 saturated heterocycles. The zero-order valence-corrected chi connectivity index (χ0v) is 6.62. The lowest BCUT2D eigenvalue weighted by atomic mass is 9.67. The van der Waals surface area contributed by atoms with Crippen LogP contribution in [0.3, 0.4) is 0 Å². The molecule has 0 radical (unpaired) electrons. The number of nitrogens with zero attached hydrogens (tertiary/aromatic N) is 1. The summed E-state index contributed by atoms with van der Waals surface area (Å²) in [5.41, 5.74) is 0. The van der Waals surface area contributed by atoms with Gasteiger partial charge in [-0.05, 0) is 18.8 Å². The number of Topliss-reactive ketones (excluding diaryl/α,β-unsaturated/α-hetero) is 1.